The lowest BCUT2D eigenvalue weighted by Crippen LogP contribution is -1.99. The van der Waals surface area contributed by atoms with Gasteiger partial charge in [0.05, 0.1) is 0 Å². The van der Waals surface area contributed by atoms with Crippen molar-refractivity contribution >= 4 is 30.7 Å². The number of hydrogen-bond donors (Lipinski definition) is 1. The van der Waals surface area contributed by atoms with Crippen LogP contribution in [0.4, 0.5) is 0 Å². The molecule has 1 N–H and O–H groups in total. The molecule has 1 aromatic carbocycles. The second kappa shape index (κ2) is 4.75. The van der Waals surface area contributed by atoms with Crippen molar-refractivity contribution in [3.63, 3.8) is 0 Å². The van der Waals surface area contributed by atoms with Gasteiger partial charge < -0.3 is 4.89 Å². The summed E-state index contributed by atoms with van der Waals surface area (Å²) in [5.74, 6) is 0. The molecule has 0 aromatic heterocycles. The van der Waals surface area contributed by atoms with E-state index < -0.39 is 8.03 Å². The Balaban J connectivity index is 0.000001000. The molecule has 60 valence electrons. The summed E-state index contributed by atoms with van der Waals surface area (Å²) < 4.78 is 10.6. The van der Waals surface area contributed by atoms with Gasteiger partial charge in [0.1, 0.15) is 0 Å². The van der Waals surface area contributed by atoms with Crippen LogP contribution >= 0.6 is 8.03 Å². The maximum absolute atomic E-state index is 10.6. The first-order valence-electron chi connectivity index (χ1n) is 3.01. The predicted octanol–water partition coefficient (Wildman–Crippen LogP) is -0.0966. The van der Waals surface area contributed by atoms with Gasteiger partial charge in [0.25, 0.3) is 0 Å². The molecule has 0 aliphatic heterocycles. The molecule has 1 rings (SSSR count). The Morgan fingerprint density at radius 2 is 1.91 bits per heavy atom. The third-order valence-corrected chi connectivity index (χ3v) is 2.40. The molecule has 0 heterocycles. The van der Waals surface area contributed by atoms with Gasteiger partial charge in [0.15, 0.2) is 17.4 Å². The SMILES string of the molecule is Cc1ccccc1[PH](=O)O.[AlH3]. The standard InChI is InChI=1S/C7H9O2P.Al.3H/c1-6-4-2-3-5-7(6)10(8)9;;;;/h2-5,10H,1H3,(H,8,9);;;;. The van der Waals surface area contributed by atoms with Gasteiger partial charge in [-0.3, -0.25) is 4.57 Å². The van der Waals surface area contributed by atoms with E-state index in [9.17, 15) is 4.57 Å². The van der Waals surface area contributed by atoms with Crippen molar-refractivity contribution < 1.29 is 9.46 Å². The molecular formula is C7H12AlO2P. The average molecular weight is 186 g/mol. The van der Waals surface area contributed by atoms with Crippen LogP contribution in [0, 0.1) is 6.92 Å². The first-order valence-corrected chi connectivity index (χ1v) is 4.36. The topological polar surface area (TPSA) is 37.3 Å². The second-order valence-electron chi connectivity index (χ2n) is 2.12. The Morgan fingerprint density at radius 1 is 1.36 bits per heavy atom. The molecule has 1 unspecified atom stereocenters. The van der Waals surface area contributed by atoms with Crippen LogP contribution in [0.1, 0.15) is 5.56 Å². The molecule has 4 heteroatoms. The third kappa shape index (κ3) is 2.81. The van der Waals surface area contributed by atoms with Crippen LogP contribution in [0.25, 0.3) is 0 Å². The maximum Gasteiger partial charge on any atom is 0.218 e. The fraction of sp³-hybridized carbons (Fsp3) is 0.143. The Bertz CT molecular complexity index is 262. The van der Waals surface area contributed by atoms with Crippen LogP contribution in [-0.2, 0) is 4.57 Å². The summed E-state index contributed by atoms with van der Waals surface area (Å²) in [6.07, 6.45) is 0. The van der Waals surface area contributed by atoms with E-state index in [1.165, 1.54) is 0 Å². The zero-order valence-electron chi connectivity index (χ0n) is 5.66. The van der Waals surface area contributed by atoms with E-state index in [1.807, 2.05) is 19.1 Å². The smallest absolute Gasteiger partial charge is 0.218 e. The number of rotatable bonds is 1. The summed E-state index contributed by atoms with van der Waals surface area (Å²) >= 11 is 0. The lowest BCUT2D eigenvalue weighted by molar-refractivity contribution is 0.513. The van der Waals surface area contributed by atoms with E-state index >= 15 is 0 Å². The highest BCUT2D eigenvalue weighted by Crippen LogP contribution is 2.14. The zero-order valence-corrected chi connectivity index (χ0v) is 6.66. The number of benzene rings is 1. The molecule has 2 nitrogen and oxygen atoms in total. The van der Waals surface area contributed by atoms with Gasteiger partial charge in [0, 0.05) is 5.30 Å². The normalized spacial score (nSPS) is 11.8. The summed E-state index contributed by atoms with van der Waals surface area (Å²) in [5.41, 5.74) is 0.883. The molecule has 0 aliphatic carbocycles. The highest BCUT2D eigenvalue weighted by molar-refractivity contribution is 7.47. The summed E-state index contributed by atoms with van der Waals surface area (Å²) in [6, 6.07) is 7.12. The summed E-state index contributed by atoms with van der Waals surface area (Å²) in [7, 11) is -2.49. The Kier molecular flexibility index (Phi) is 4.72. The predicted molar refractivity (Wildman–Crippen MR) is 52.0 cm³/mol. The monoisotopic (exact) mass is 186 g/mol. The molecule has 0 aliphatic rings. The van der Waals surface area contributed by atoms with Gasteiger partial charge in [-0.15, -0.1) is 0 Å². The molecule has 11 heavy (non-hydrogen) atoms. The second-order valence-corrected chi connectivity index (χ2v) is 3.27. The third-order valence-electron chi connectivity index (χ3n) is 1.38. The highest BCUT2D eigenvalue weighted by atomic mass is 31.1. The molecular weight excluding hydrogens is 174 g/mol. The van der Waals surface area contributed by atoms with Crippen LogP contribution in [0.5, 0.6) is 0 Å². The van der Waals surface area contributed by atoms with E-state index in [0.717, 1.165) is 5.56 Å². The minimum absolute atomic E-state index is 0. The lowest BCUT2D eigenvalue weighted by atomic mass is 10.2. The summed E-state index contributed by atoms with van der Waals surface area (Å²) in [5, 5.41) is 0.563. The van der Waals surface area contributed by atoms with Gasteiger partial charge in [-0.1, -0.05) is 18.2 Å². The highest BCUT2D eigenvalue weighted by Gasteiger charge is 1.99. The van der Waals surface area contributed by atoms with Gasteiger partial charge in [-0.05, 0) is 18.6 Å². The molecule has 0 amide bonds. The molecule has 0 radical (unpaired) electrons. The quantitative estimate of drug-likeness (QED) is 0.491. The first-order chi connectivity index (χ1) is 4.72. The fourth-order valence-electron chi connectivity index (χ4n) is 0.813. The van der Waals surface area contributed by atoms with E-state index in [4.69, 9.17) is 4.89 Å². The van der Waals surface area contributed by atoms with E-state index in [1.54, 1.807) is 12.1 Å². The molecule has 0 saturated carbocycles. The van der Waals surface area contributed by atoms with Crippen LogP contribution in [-0.4, -0.2) is 22.3 Å². The number of hydrogen-bond acceptors (Lipinski definition) is 1. The van der Waals surface area contributed by atoms with E-state index in [0.29, 0.717) is 5.30 Å². The van der Waals surface area contributed by atoms with Crippen LogP contribution < -0.4 is 5.30 Å². The molecule has 0 bridgehead atoms. The van der Waals surface area contributed by atoms with Crippen molar-refractivity contribution in [2.45, 2.75) is 6.92 Å². The Morgan fingerprint density at radius 3 is 2.27 bits per heavy atom. The summed E-state index contributed by atoms with van der Waals surface area (Å²) in [6.45, 7) is 1.83. The minimum atomic E-state index is -2.49. The van der Waals surface area contributed by atoms with Crippen molar-refractivity contribution in [3.8, 4) is 0 Å². The van der Waals surface area contributed by atoms with Crippen LogP contribution in [0.2, 0.25) is 0 Å². The zero-order chi connectivity index (χ0) is 7.56. The van der Waals surface area contributed by atoms with Crippen molar-refractivity contribution in [1.29, 1.82) is 0 Å². The fourth-order valence-corrected chi connectivity index (χ4v) is 1.47. The van der Waals surface area contributed by atoms with Crippen LogP contribution in [0.3, 0.4) is 0 Å². The van der Waals surface area contributed by atoms with Gasteiger partial charge in [-0.2, -0.15) is 0 Å². The van der Waals surface area contributed by atoms with Crippen molar-refractivity contribution in [2.24, 2.45) is 0 Å². The Hall–Kier alpha value is -0.0575. The molecule has 0 spiro atoms. The lowest BCUT2D eigenvalue weighted by Gasteiger charge is -1.97. The first kappa shape index (κ1) is 10.9. The van der Waals surface area contributed by atoms with E-state index in [-0.39, 0.29) is 17.4 Å². The summed E-state index contributed by atoms with van der Waals surface area (Å²) in [4.78, 5) is 8.75. The largest absolute Gasteiger partial charge is 0.343 e. The van der Waals surface area contributed by atoms with Crippen molar-refractivity contribution in [2.75, 3.05) is 0 Å². The van der Waals surface area contributed by atoms with Gasteiger partial charge >= 0.3 is 0 Å². The molecule has 0 saturated heterocycles. The van der Waals surface area contributed by atoms with Crippen molar-refractivity contribution in [3.05, 3.63) is 29.8 Å². The molecule has 1 atom stereocenters. The maximum atomic E-state index is 10.6. The van der Waals surface area contributed by atoms with E-state index in [2.05, 4.69) is 0 Å². The van der Waals surface area contributed by atoms with Gasteiger partial charge in [-0.25, -0.2) is 0 Å². The number of aryl methyl sites for hydroxylation is 1. The van der Waals surface area contributed by atoms with Crippen LogP contribution in [0.15, 0.2) is 24.3 Å². The molecule has 0 fully saturated rings. The van der Waals surface area contributed by atoms with Gasteiger partial charge in [0.2, 0.25) is 8.03 Å². The Labute approximate surface area is 77.3 Å². The minimum Gasteiger partial charge on any atom is -0.343 e. The molecule has 1 aromatic rings. The average Bonchev–Trinajstić information content (AvgIpc) is 1.88. The van der Waals surface area contributed by atoms with Crippen molar-refractivity contribution in [1.82, 2.24) is 0 Å².